The Morgan fingerprint density at radius 2 is 2.04 bits per heavy atom. The van der Waals surface area contributed by atoms with Crippen LogP contribution in [0.5, 0.6) is 0 Å². The van der Waals surface area contributed by atoms with Crippen molar-refractivity contribution in [2.24, 2.45) is 0 Å². The predicted octanol–water partition coefficient (Wildman–Crippen LogP) is 0.850. The highest BCUT2D eigenvalue weighted by molar-refractivity contribution is 8.00. The van der Waals surface area contributed by atoms with E-state index in [1.165, 1.54) is 11.8 Å². The van der Waals surface area contributed by atoms with Gasteiger partial charge in [0.05, 0.1) is 11.4 Å². The van der Waals surface area contributed by atoms with E-state index in [0.717, 1.165) is 56.3 Å². The van der Waals surface area contributed by atoms with Gasteiger partial charge in [0, 0.05) is 55.8 Å². The highest BCUT2D eigenvalue weighted by atomic mass is 32.2. The summed E-state index contributed by atoms with van der Waals surface area (Å²) >= 11 is 1.52. The van der Waals surface area contributed by atoms with Crippen LogP contribution >= 0.6 is 11.8 Å². The van der Waals surface area contributed by atoms with Gasteiger partial charge < -0.3 is 15.5 Å². The molecule has 1 aromatic carbocycles. The number of fused-ring (bicyclic) bond motifs is 1. The number of piperazine rings is 1. The Labute approximate surface area is 145 Å². The van der Waals surface area contributed by atoms with Crippen molar-refractivity contribution in [3.8, 4) is 0 Å². The molecule has 0 aliphatic carbocycles. The monoisotopic (exact) mass is 346 g/mol. The zero-order valence-electron chi connectivity index (χ0n) is 13.6. The van der Waals surface area contributed by atoms with Crippen molar-refractivity contribution in [1.82, 2.24) is 15.1 Å². The van der Waals surface area contributed by atoms with Crippen molar-refractivity contribution in [3.63, 3.8) is 0 Å². The Kier molecular flexibility index (Phi) is 4.47. The standard InChI is InChI=1S/C17H22N4O2S/c22-16-11-24-15-2-1-12(9-14(15)19-16)17(23)21-6-3-13(10-21)20-7-4-18-5-8-20/h1-2,9,13,18H,3-8,10-11H2,(H,19,22). The second-order valence-corrected chi connectivity index (χ2v) is 7.54. The van der Waals surface area contributed by atoms with Gasteiger partial charge in [-0.2, -0.15) is 0 Å². The first-order valence-electron chi connectivity index (χ1n) is 8.51. The van der Waals surface area contributed by atoms with Crippen molar-refractivity contribution in [1.29, 1.82) is 0 Å². The van der Waals surface area contributed by atoms with Crippen molar-refractivity contribution in [3.05, 3.63) is 23.8 Å². The van der Waals surface area contributed by atoms with Crippen molar-refractivity contribution >= 4 is 29.3 Å². The van der Waals surface area contributed by atoms with E-state index in [2.05, 4.69) is 15.5 Å². The molecule has 2 saturated heterocycles. The summed E-state index contributed by atoms with van der Waals surface area (Å²) in [6.45, 7) is 5.81. The van der Waals surface area contributed by atoms with Crippen LogP contribution in [0.2, 0.25) is 0 Å². The molecule has 3 aliphatic heterocycles. The summed E-state index contributed by atoms with van der Waals surface area (Å²) in [5, 5.41) is 6.23. The fourth-order valence-electron chi connectivity index (χ4n) is 3.67. The summed E-state index contributed by atoms with van der Waals surface area (Å²) in [4.78, 5) is 29.8. The number of hydrogen-bond donors (Lipinski definition) is 2. The normalized spacial score (nSPS) is 24.6. The number of anilines is 1. The molecule has 0 saturated carbocycles. The summed E-state index contributed by atoms with van der Waals surface area (Å²) < 4.78 is 0. The zero-order valence-corrected chi connectivity index (χ0v) is 14.4. The second kappa shape index (κ2) is 6.74. The van der Waals surface area contributed by atoms with E-state index >= 15 is 0 Å². The number of nitrogens with one attached hydrogen (secondary N) is 2. The van der Waals surface area contributed by atoms with E-state index in [1.807, 2.05) is 23.1 Å². The molecular weight excluding hydrogens is 324 g/mol. The van der Waals surface area contributed by atoms with Crippen LogP contribution in [0.25, 0.3) is 0 Å². The van der Waals surface area contributed by atoms with Gasteiger partial charge in [-0.3, -0.25) is 14.5 Å². The molecule has 24 heavy (non-hydrogen) atoms. The molecule has 128 valence electrons. The number of carbonyl (C=O) groups is 2. The van der Waals surface area contributed by atoms with E-state index in [1.54, 1.807) is 0 Å². The lowest BCUT2D eigenvalue weighted by atomic mass is 10.1. The summed E-state index contributed by atoms with van der Waals surface area (Å²) in [5.74, 6) is 0.510. The van der Waals surface area contributed by atoms with Gasteiger partial charge >= 0.3 is 0 Å². The van der Waals surface area contributed by atoms with Crippen LogP contribution in [0.1, 0.15) is 16.8 Å². The van der Waals surface area contributed by atoms with Crippen LogP contribution in [0.4, 0.5) is 5.69 Å². The van der Waals surface area contributed by atoms with Crippen molar-refractivity contribution < 1.29 is 9.59 Å². The molecule has 4 rings (SSSR count). The molecule has 0 aromatic heterocycles. The van der Waals surface area contributed by atoms with Crippen molar-refractivity contribution in [2.75, 3.05) is 50.3 Å². The molecule has 1 atom stereocenters. The number of carbonyl (C=O) groups excluding carboxylic acids is 2. The molecular formula is C17H22N4O2S. The number of likely N-dealkylation sites (tertiary alicyclic amines) is 1. The van der Waals surface area contributed by atoms with Crippen LogP contribution in [0.3, 0.4) is 0 Å². The summed E-state index contributed by atoms with van der Waals surface area (Å²) in [6.07, 6.45) is 1.04. The third kappa shape index (κ3) is 3.16. The highest BCUT2D eigenvalue weighted by Gasteiger charge is 2.31. The first-order chi connectivity index (χ1) is 11.7. The number of benzene rings is 1. The Morgan fingerprint density at radius 3 is 2.88 bits per heavy atom. The molecule has 1 aromatic rings. The predicted molar refractivity (Wildman–Crippen MR) is 94.5 cm³/mol. The Bertz CT molecular complexity index is 660. The zero-order chi connectivity index (χ0) is 16.5. The Balaban J connectivity index is 1.44. The van der Waals surface area contributed by atoms with Crippen LogP contribution in [0, 0.1) is 0 Å². The molecule has 1 unspecified atom stereocenters. The number of hydrogen-bond acceptors (Lipinski definition) is 5. The molecule has 7 heteroatoms. The summed E-state index contributed by atoms with van der Waals surface area (Å²) in [7, 11) is 0. The highest BCUT2D eigenvalue weighted by Crippen LogP contribution is 2.32. The molecule has 2 amide bonds. The van der Waals surface area contributed by atoms with Gasteiger partial charge in [-0.15, -0.1) is 11.8 Å². The van der Waals surface area contributed by atoms with E-state index < -0.39 is 0 Å². The summed E-state index contributed by atoms with van der Waals surface area (Å²) in [5.41, 5.74) is 1.43. The van der Waals surface area contributed by atoms with E-state index in [4.69, 9.17) is 0 Å². The fraction of sp³-hybridized carbons (Fsp3) is 0.529. The molecule has 3 aliphatic rings. The third-order valence-corrected chi connectivity index (χ3v) is 6.05. The Hall–Kier alpha value is -1.57. The topological polar surface area (TPSA) is 64.7 Å². The average molecular weight is 346 g/mol. The molecule has 3 heterocycles. The molecule has 0 radical (unpaired) electrons. The minimum absolute atomic E-state index is 0.00274. The van der Waals surface area contributed by atoms with Crippen LogP contribution < -0.4 is 10.6 Å². The lowest BCUT2D eigenvalue weighted by molar-refractivity contribution is -0.113. The quantitative estimate of drug-likeness (QED) is 0.831. The van der Waals surface area contributed by atoms with Gasteiger partial charge in [0.15, 0.2) is 0 Å². The largest absolute Gasteiger partial charge is 0.337 e. The first kappa shape index (κ1) is 15.9. The lowest BCUT2D eigenvalue weighted by Gasteiger charge is -2.32. The van der Waals surface area contributed by atoms with Crippen molar-refractivity contribution in [2.45, 2.75) is 17.4 Å². The number of amides is 2. The molecule has 0 bridgehead atoms. The van der Waals surface area contributed by atoms with Gasteiger partial charge in [-0.05, 0) is 24.6 Å². The molecule has 6 nitrogen and oxygen atoms in total. The van der Waals surface area contributed by atoms with Gasteiger partial charge in [-0.25, -0.2) is 0 Å². The van der Waals surface area contributed by atoms with Gasteiger partial charge in [0.2, 0.25) is 5.91 Å². The number of nitrogens with zero attached hydrogens (tertiary/aromatic N) is 2. The Morgan fingerprint density at radius 1 is 1.21 bits per heavy atom. The van der Waals surface area contributed by atoms with Crippen LogP contribution in [-0.4, -0.2) is 72.7 Å². The molecule has 0 spiro atoms. The third-order valence-electron chi connectivity index (χ3n) is 4.98. The second-order valence-electron chi connectivity index (χ2n) is 6.53. The maximum atomic E-state index is 12.8. The van der Waals surface area contributed by atoms with Gasteiger partial charge in [-0.1, -0.05) is 0 Å². The maximum absolute atomic E-state index is 12.8. The van der Waals surface area contributed by atoms with E-state index in [9.17, 15) is 9.59 Å². The maximum Gasteiger partial charge on any atom is 0.253 e. The van der Waals surface area contributed by atoms with Crippen LogP contribution in [0.15, 0.2) is 23.1 Å². The summed E-state index contributed by atoms with van der Waals surface area (Å²) in [6, 6.07) is 6.11. The van der Waals surface area contributed by atoms with Gasteiger partial charge in [0.1, 0.15) is 0 Å². The van der Waals surface area contributed by atoms with Crippen LogP contribution in [-0.2, 0) is 4.79 Å². The van der Waals surface area contributed by atoms with E-state index in [-0.39, 0.29) is 11.8 Å². The minimum Gasteiger partial charge on any atom is -0.337 e. The number of rotatable bonds is 2. The minimum atomic E-state index is -0.00274. The lowest BCUT2D eigenvalue weighted by Crippen LogP contribution is -2.49. The SMILES string of the molecule is O=C1CSc2ccc(C(=O)N3CCC(N4CCNCC4)C3)cc2N1. The molecule has 2 N–H and O–H groups in total. The number of thioether (sulfide) groups is 1. The first-order valence-corrected chi connectivity index (χ1v) is 9.50. The molecule has 2 fully saturated rings. The van der Waals surface area contributed by atoms with E-state index in [0.29, 0.717) is 17.4 Å². The average Bonchev–Trinajstić information content (AvgIpc) is 3.11. The van der Waals surface area contributed by atoms with Gasteiger partial charge in [0.25, 0.3) is 5.91 Å². The fourth-order valence-corrected chi connectivity index (χ4v) is 4.46. The smallest absolute Gasteiger partial charge is 0.253 e.